The number of aromatic nitrogens is 1. The van der Waals surface area contributed by atoms with E-state index in [-0.39, 0.29) is 0 Å². The van der Waals surface area contributed by atoms with Gasteiger partial charge < -0.3 is 14.2 Å². The molecule has 5 nitrogen and oxygen atoms in total. The molecule has 0 aliphatic carbocycles. The van der Waals surface area contributed by atoms with Crippen LogP contribution in [0.4, 0.5) is 13.2 Å². The van der Waals surface area contributed by atoms with Gasteiger partial charge in [-0.25, -0.2) is 9.78 Å². The zero-order valence-electron chi connectivity index (χ0n) is 20.8. The summed E-state index contributed by atoms with van der Waals surface area (Å²) in [5, 5.41) is 0.684. The number of halogens is 3. The van der Waals surface area contributed by atoms with Crippen molar-refractivity contribution >= 4 is 17.3 Å². The van der Waals surface area contributed by atoms with Gasteiger partial charge in [-0.05, 0) is 55.7 Å². The quantitative estimate of drug-likeness (QED) is 0.272. The van der Waals surface area contributed by atoms with E-state index in [1.54, 1.807) is 0 Å². The lowest BCUT2D eigenvalue weighted by molar-refractivity contribution is -0.153. The number of hydrogen-bond donors (Lipinski definition) is 0. The Hall–Kier alpha value is -2.91. The van der Waals surface area contributed by atoms with E-state index < -0.39 is 23.8 Å². The second-order valence-corrected chi connectivity index (χ2v) is 9.24. The number of esters is 1. The van der Waals surface area contributed by atoms with Crippen LogP contribution in [0, 0.1) is 6.92 Å². The molecule has 1 atom stereocenters. The number of methoxy groups -OCH3 is 1. The molecule has 0 bridgehead atoms. The highest BCUT2D eigenvalue weighted by atomic mass is 32.1. The largest absolute Gasteiger partial charge is 0.493 e. The topological polar surface area (TPSA) is 57.7 Å². The van der Waals surface area contributed by atoms with Crippen molar-refractivity contribution < 1.29 is 32.2 Å². The number of alkyl halides is 3. The van der Waals surface area contributed by atoms with Crippen molar-refractivity contribution in [3.05, 3.63) is 69.7 Å². The third-order valence-corrected chi connectivity index (χ3v) is 7.01. The summed E-state index contributed by atoms with van der Waals surface area (Å²) in [5.41, 5.74) is 2.90. The van der Waals surface area contributed by atoms with Crippen LogP contribution in [0.3, 0.4) is 0 Å². The average molecular weight is 522 g/mol. The molecule has 0 unspecified atom stereocenters. The summed E-state index contributed by atoms with van der Waals surface area (Å²) in [6.07, 6.45) is -3.18. The SMILES string of the molecule is CCO[C@@H](Cc1ccc(OCCc2sc(-c3ccc(C(F)(F)F)cc3)nc2C)cc1CC)C(=O)OC. The number of hydrogen-bond acceptors (Lipinski definition) is 6. The maximum atomic E-state index is 12.8. The number of carbonyl (C=O) groups excluding carboxylic acids is 1. The number of carbonyl (C=O) groups is 1. The van der Waals surface area contributed by atoms with E-state index in [0.717, 1.165) is 46.0 Å². The maximum absolute atomic E-state index is 12.8. The summed E-state index contributed by atoms with van der Waals surface area (Å²) in [6, 6.07) is 10.8. The first-order valence-electron chi connectivity index (χ1n) is 11.7. The third kappa shape index (κ3) is 7.07. The van der Waals surface area contributed by atoms with Crippen LogP contribution in [0.5, 0.6) is 5.75 Å². The molecule has 0 aliphatic rings. The minimum Gasteiger partial charge on any atom is -0.493 e. The minimum absolute atomic E-state index is 0.394. The van der Waals surface area contributed by atoms with Crippen LogP contribution in [0.1, 0.15) is 41.1 Å². The molecule has 0 radical (unpaired) electrons. The molecule has 9 heteroatoms. The molecule has 3 rings (SSSR count). The fraction of sp³-hybridized carbons (Fsp3) is 0.407. The Morgan fingerprint density at radius 1 is 1.08 bits per heavy atom. The number of rotatable bonds is 11. The molecule has 2 aromatic carbocycles. The summed E-state index contributed by atoms with van der Waals surface area (Å²) in [5.74, 6) is 0.335. The Labute approximate surface area is 213 Å². The van der Waals surface area contributed by atoms with Crippen molar-refractivity contribution in [1.29, 1.82) is 0 Å². The van der Waals surface area contributed by atoms with Crippen LogP contribution >= 0.6 is 11.3 Å². The highest BCUT2D eigenvalue weighted by Gasteiger charge is 2.30. The van der Waals surface area contributed by atoms with E-state index in [1.807, 2.05) is 39.0 Å². The lowest BCUT2D eigenvalue weighted by atomic mass is 9.99. The van der Waals surface area contributed by atoms with Crippen LogP contribution in [-0.4, -0.2) is 37.4 Å². The predicted molar refractivity (Wildman–Crippen MR) is 133 cm³/mol. The fourth-order valence-corrected chi connectivity index (χ4v) is 4.86. The Morgan fingerprint density at radius 2 is 1.81 bits per heavy atom. The Morgan fingerprint density at radius 3 is 2.42 bits per heavy atom. The molecular weight excluding hydrogens is 491 g/mol. The zero-order valence-corrected chi connectivity index (χ0v) is 21.6. The Balaban J connectivity index is 1.63. The molecule has 3 aromatic rings. The van der Waals surface area contributed by atoms with Crippen molar-refractivity contribution in [3.8, 4) is 16.3 Å². The number of benzene rings is 2. The highest BCUT2D eigenvalue weighted by molar-refractivity contribution is 7.15. The summed E-state index contributed by atoms with van der Waals surface area (Å²) < 4.78 is 54.8. The monoisotopic (exact) mass is 521 g/mol. The Kier molecular flexibility index (Phi) is 9.50. The van der Waals surface area contributed by atoms with Gasteiger partial charge in [0.05, 0.1) is 25.0 Å². The molecule has 0 saturated carbocycles. The number of aryl methyl sites for hydroxylation is 2. The van der Waals surface area contributed by atoms with Gasteiger partial charge in [-0.1, -0.05) is 25.1 Å². The summed E-state index contributed by atoms with van der Waals surface area (Å²) in [4.78, 5) is 17.6. The van der Waals surface area contributed by atoms with Gasteiger partial charge >= 0.3 is 12.1 Å². The fourth-order valence-electron chi connectivity index (χ4n) is 3.81. The lowest BCUT2D eigenvalue weighted by Gasteiger charge is -2.17. The summed E-state index contributed by atoms with van der Waals surface area (Å²) in [6.45, 7) is 6.62. The molecule has 0 amide bonds. The van der Waals surface area contributed by atoms with Crippen LogP contribution < -0.4 is 4.74 Å². The van der Waals surface area contributed by atoms with Gasteiger partial charge in [-0.3, -0.25) is 0 Å². The van der Waals surface area contributed by atoms with E-state index in [9.17, 15) is 18.0 Å². The van der Waals surface area contributed by atoms with Gasteiger partial charge in [0, 0.05) is 29.9 Å². The second kappa shape index (κ2) is 12.4. The standard InChI is InChI=1S/C27H30F3NO4S/c1-5-18-15-22(12-9-20(18)16-23(34-6-2)26(32)33-4)35-14-13-24-17(3)31-25(36-24)19-7-10-21(11-8-19)27(28,29)30/h7-12,15,23H,5-6,13-14,16H2,1-4H3/t23-/m0/s1. The number of ether oxygens (including phenoxy) is 3. The normalized spacial score (nSPS) is 12.4. The third-order valence-electron chi connectivity index (χ3n) is 5.75. The summed E-state index contributed by atoms with van der Waals surface area (Å²) >= 11 is 1.46. The van der Waals surface area contributed by atoms with Gasteiger partial charge in [0.25, 0.3) is 0 Å². The van der Waals surface area contributed by atoms with Gasteiger partial charge in [-0.15, -0.1) is 11.3 Å². The summed E-state index contributed by atoms with van der Waals surface area (Å²) in [7, 11) is 1.35. The van der Waals surface area contributed by atoms with Crippen LogP contribution in [0.25, 0.3) is 10.6 Å². The molecule has 0 N–H and O–H groups in total. The van der Waals surface area contributed by atoms with Crippen molar-refractivity contribution in [1.82, 2.24) is 4.98 Å². The number of nitrogens with zero attached hydrogens (tertiary/aromatic N) is 1. The lowest BCUT2D eigenvalue weighted by Crippen LogP contribution is -2.28. The van der Waals surface area contributed by atoms with Gasteiger partial charge in [0.1, 0.15) is 10.8 Å². The maximum Gasteiger partial charge on any atom is 0.416 e. The molecule has 36 heavy (non-hydrogen) atoms. The van der Waals surface area contributed by atoms with Crippen LogP contribution in [0.15, 0.2) is 42.5 Å². The van der Waals surface area contributed by atoms with Gasteiger partial charge in [-0.2, -0.15) is 13.2 Å². The van der Waals surface area contributed by atoms with Crippen LogP contribution in [-0.2, 0) is 39.7 Å². The highest BCUT2D eigenvalue weighted by Crippen LogP contribution is 2.33. The molecular formula is C27H30F3NO4S. The first-order chi connectivity index (χ1) is 17.2. The van der Waals surface area contributed by atoms with Gasteiger partial charge in [0.15, 0.2) is 6.10 Å². The van der Waals surface area contributed by atoms with E-state index in [0.29, 0.717) is 36.6 Å². The molecule has 1 aromatic heterocycles. The smallest absolute Gasteiger partial charge is 0.416 e. The predicted octanol–water partition coefficient (Wildman–Crippen LogP) is 6.44. The van der Waals surface area contributed by atoms with E-state index in [4.69, 9.17) is 14.2 Å². The van der Waals surface area contributed by atoms with Crippen LogP contribution in [0.2, 0.25) is 0 Å². The van der Waals surface area contributed by atoms with Crippen molar-refractivity contribution in [2.45, 2.75) is 52.3 Å². The number of thiazole rings is 1. The minimum atomic E-state index is -4.36. The van der Waals surface area contributed by atoms with E-state index in [2.05, 4.69) is 4.98 Å². The molecule has 194 valence electrons. The zero-order chi connectivity index (χ0) is 26.3. The van der Waals surface area contributed by atoms with E-state index >= 15 is 0 Å². The van der Waals surface area contributed by atoms with Crippen molar-refractivity contribution in [3.63, 3.8) is 0 Å². The Bertz CT molecular complexity index is 1160. The van der Waals surface area contributed by atoms with E-state index in [1.165, 1.54) is 30.6 Å². The van der Waals surface area contributed by atoms with Crippen molar-refractivity contribution in [2.75, 3.05) is 20.3 Å². The first kappa shape index (κ1) is 27.7. The molecule has 1 heterocycles. The molecule has 0 aliphatic heterocycles. The van der Waals surface area contributed by atoms with Crippen molar-refractivity contribution in [2.24, 2.45) is 0 Å². The molecule has 0 fully saturated rings. The molecule has 0 saturated heterocycles. The second-order valence-electron chi connectivity index (χ2n) is 8.16. The van der Waals surface area contributed by atoms with Gasteiger partial charge in [0.2, 0.25) is 0 Å². The molecule has 0 spiro atoms. The first-order valence-corrected chi connectivity index (χ1v) is 12.6. The average Bonchev–Trinajstić information content (AvgIpc) is 3.23.